The van der Waals surface area contributed by atoms with Crippen molar-refractivity contribution in [2.45, 2.75) is 85.2 Å². The van der Waals surface area contributed by atoms with Gasteiger partial charge in [-0.15, -0.1) is 0 Å². The van der Waals surface area contributed by atoms with Crippen LogP contribution in [0.5, 0.6) is 0 Å². The van der Waals surface area contributed by atoms with E-state index in [1.165, 1.54) is 44.1 Å². The summed E-state index contributed by atoms with van der Waals surface area (Å²) < 4.78 is 0. The first kappa shape index (κ1) is 16.9. The number of aliphatic hydroxyl groups is 1. The van der Waals surface area contributed by atoms with Crippen molar-refractivity contribution in [3.05, 3.63) is 23.8 Å². The van der Waals surface area contributed by atoms with Gasteiger partial charge in [0, 0.05) is 0 Å². The molecule has 0 unspecified atom stereocenters. The predicted molar refractivity (Wildman–Crippen MR) is 101 cm³/mol. The van der Waals surface area contributed by atoms with Crippen LogP contribution in [0.25, 0.3) is 0 Å². The maximum Gasteiger partial charge on any atom is 0.0577 e. The third kappa shape index (κ3) is 1.97. The molecule has 0 amide bonds. The zero-order valence-electron chi connectivity index (χ0n) is 16.2. The number of fused-ring (bicyclic) bond motifs is 5. The summed E-state index contributed by atoms with van der Waals surface area (Å²) in [5, 5.41) is 10.2. The minimum absolute atomic E-state index is 0.0994. The van der Waals surface area contributed by atoms with Crippen LogP contribution in [0.4, 0.5) is 0 Å². The van der Waals surface area contributed by atoms with E-state index in [9.17, 15) is 5.11 Å². The Morgan fingerprint density at radius 2 is 1.83 bits per heavy atom. The van der Waals surface area contributed by atoms with Gasteiger partial charge in [0.2, 0.25) is 0 Å². The quantitative estimate of drug-likeness (QED) is 0.595. The topological polar surface area (TPSA) is 20.2 Å². The fourth-order valence-electron chi connectivity index (χ4n) is 7.79. The van der Waals surface area contributed by atoms with Gasteiger partial charge in [-0.25, -0.2) is 0 Å². The second-order valence-electron chi connectivity index (χ2n) is 10.3. The van der Waals surface area contributed by atoms with E-state index in [2.05, 4.69) is 40.3 Å². The zero-order valence-corrected chi connectivity index (χ0v) is 16.2. The fraction of sp³-hybridized carbons (Fsp3) is 0.826. The lowest BCUT2D eigenvalue weighted by Gasteiger charge is -2.64. The first-order valence-electron chi connectivity index (χ1n) is 10.3. The highest BCUT2D eigenvalue weighted by Crippen LogP contribution is 2.71. The molecule has 24 heavy (non-hydrogen) atoms. The summed E-state index contributed by atoms with van der Waals surface area (Å²) in [6.07, 6.45) is 12.3. The highest BCUT2D eigenvalue weighted by molar-refractivity contribution is 5.29. The average molecular weight is 329 g/mol. The monoisotopic (exact) mass is 328 g/mol. The molecular weight excluding hydrogens is 292 g/mol. The Labute approximate surface area is 148 Å². The minimum atomic E-state index is -0.0994. The van der Waals surface area contributed by atoms with Crippen LogP contribution in [0, 0.1) is 34.0 Å². The maximum absolute atomic E-state index is 10.2. The van der Waals surface area contributed by atoms with E-state index in [1.54, 1.807) is 5.57 Å². The molecular formula is C23H36O. The smallest absolute Gasteiger partial charge is 0.0577 e. The zero-order chi connectivity index (χ0) is 17.3. The molecule has 0 heterocycles. The molecule has 0 radical (unpaired) electrons. The van der Waals surface area contributed by atoms with Crippen molar-refractivity contribution in [3.8, 4) is 0 Å². The van der Waals surface area contributed by atoms with E-state index < -0.39 is 0 Å². The van der Waals surface area contributed by atoms with Crippen LogP contribution in [-0.4, -0.2) is 11.2 Å². The maximum atomic E-state index is 10.2. The number of hydrogen-bond acceptors (Lipinski definition) is 1. The molecule has 134 valence electrons. The third-order valence-electron chi connectivity index (χ3n) is 9.51. The van der Waals surface area contributed by atoms with Crippen LogP contribution >= 0.6 is 0 Å². The van der Waals surface area contributed by atoms with Crippen molar-refractivity contribution in [2.75, 3.05) is 0 Å². The van der Waals surface area contributed by atoms with E-state index in [0.29, 0.717) is 16.2 Å². The molecule has 1 heteroatoms. The van der Waals surface area contributed by atoms with Crippen LogP contribution in [-0.2, 0) is 0 Å². The number of aliphatic hydroxyl groups excluding tert-OH is 1. The molecule has 1 N–H and O–H groups in total. The lowest BCUT2D eigenvalue weighted by Crippen LogP contribution is -2.56. The molecule has 4 aliphatic rings. The second-order valence-corrected chi connectivity index (χ2v) is 10.3. The molecule has 0 aliphatic heterocycles. The van der Waals surface area contributed by atoms with Gasteiger partial charge in [0.05, 0.1) is 6.10 Å². The standard InChI is InChI=1S/C23H36O/c1-15(2)18-8-9-19-20-7-6-16-14-17(24)10-11-22(16,4)23(20,5)13-12-21(18,19)3/h6,17-20,24H,1,7-14H2,2-5H3/t17-,18+,19-,20-,21+,22-,23-/m0/s1. The van der Waals surface area contributed by atoms with Crippen LogP contribution in [0.3, 0.4) is 0 Å². The van der Waals surface area contributed by atoms with Crippen LogP contribution in [0.15, 0.2) is 23.8 Å². The fourth-order valence-corrected chi connectivity index (χ4v) is 7.79. The predicted octanol–water partition coefficient (Wildman–Crippen LogP) is 5.89. The Kier molecular flexibility index (Phi) is 3.67. The molecule has 1 nitrogen and oxygen atoms in total. The van der Waals surface area contributed by atoms with Gasteiger partial charge in [-0.05, 0) is 92.3 Å². The average Bonchev–Trinajstić information content (AvgIpc) is 2.87. The van der Waals surface area contributed by atoms with Crippen LogP contribution in [0.1, 0.15) is 79.1 Å². The van der Waals surface area contributed by atoms with Crippen molar-refractivity contribution in [3.63, 3.8) is 0 Å². The number of rotatable bonds is 1. The summed E-state index contributed by atoms with van der Waals surface area (Å²) >= 11 is 0. The minimum Gasteiger partial charge on any atom is -0.393 e. The molecule has 0 saturated heterocycles. The van der Waals surface area contributed by atoms with Crippen molar-refractivity contribution >= 4 is 0 Å². The molecule has 0 aromatic carbocycles. The van der Waals surface area contributed by atoms with E-state index in [0.717, 1.165) is 30.6 Å². The lowest BCUT2D eigenvalue weighted by atomic mass is 9.40. The Morgan fingerprint density at radius 1 is 1.08 bits per heavy atom. The Morgan fingerprint density at radius 3 is 2.54 bits per heavy atom. The highest BCUT2D eigenvalue weighted by Gasteiger charge is 2.63. The molecule has 3 saturated carbocycles. The van der Waals surface area contributed by atoms with Crippen molar-refractivity contribution in [1.29, 1.82) is 0 Å². The Hall–Kier alpha value is -0.560. The molecule has 3 fully saturated rings. The molecule has 0 bridgehead atoms. The van der Waals surface area contributed by atoms with Crippen molar-refractivity contribution < 1.29 is 5.11 Å². The van der Waals surface area contributed by atoms with Gasteiger partial charge in [-0.1, -0.05) is 44.6 Å². The summed E-state index contributed by atoms with van der Waals surface area (Å²) in [6.45, 7) is 14.3. The largest absolute Gasteiger partial charge is 0.393 e. The van der Waals surface area contributed by atoms with Gasteiger partial charge in [0.15, 0.2) is 0 Å². The summed E-state index contributed by atoms with van der Waals surface area (Å²) in [4.78, 5) is 0. The van der Waals surface area contributed by atoms with Crippen LogP contribution < -0.4 is 0 Å². The summed E-state index contributed by atoms with van der Waals surface area (Å²) in [5.74, 6) is 2.42. The van der Waals surface area contributed by atoms with E-state index in [4.69, 9.17) is 0 Å². The second kappa shape index (κ2) is 5.22. The Bertz CT molecular complexity index is 589. The molecule has 4 rings (SSSR count). The molecule has 7 atom stereocenters. The van der Waals surface area contributed by atoms with E-state index in [-0.39, 0.29) is 6.10 Å². The first-order chi connectivity index (χ1) is 11.2. The molecule has 4 aliphatic carbocycles. The SMILES string of the molecule is C=C(C)[C@H]1CC[C@H]2[C@@H]3CC=C4C[C@@H](O)CC[C@]4(C)[C@@]3(C)CC[C@]12C. The number of allylic oxidation sites excluding steroid dienone is 2. The van der Waals surface area contributed by atoms with E-state index >= 15 is 0 Å². The molecule has 0 aromatic rings. The summed E-state index contributed by atoms with van der Waals surface area (Å²) in [7, 11) is 0. The number of hydrogen-bond donors (Lipinski definition) is 1. The van der Waals surface area contributed by atoms with Gasteiger partial charge in [-0.2, -0.15) is 0 Å². The van der Waals surface area contributed by atoms with Gasteiger partial charge >= 0.3 is 0 Å². The molecule has 0 spiro atoms. The Balaban J connectivity index is 1.73. The van der Waals surface area contributed by atoms with Gasteiger partial charge in [0.1, 0.15) is 0 Å². The lowest BCUT2D eigenvalue weighted by molar-refractivity contribution is -0.111. The first-order valence-corrected chi connectivity index (χ1v) is 10.3. The normalized spacial score (nSPS) is 53.6. The summed E-state index contributed by atoms with van der Waals surface area (Å²) in [5.41, 5.74) is 4.22. The highest BCUT2D eigenvalue weighted by atomic mass is 16.3. The third-order valence-corrected chi connectivity index (χ3v) is 9.51. The van der Waals surface area contributed by atoms with Crippen LogP contribution in [0.2, 0.25) is 0 Å². The van der Waals surface area contributed by atoms with Crippen molar-refractivity contribution in [1.82, 2.24) is 0 Å². The molecule has 0 aromatic heterocycles. The summed E-state index contributed by atoms with van der Waals surface area (Å²) in [6, 6.07) is 0. The van der Waals surface area contributed by atoms with Gasteiger partial charge in [-0.3, -0.25) is 0 Å². The van der Waals surface area contributed by atoms with Crippen molar-refractivity contribution in [2.24, 2.45) is 34.0 Å². The van der Waals surface area contributed by atoms with E-state index in [1.807, 2.05) is 0 Å². The van der Waals surface area contributed by atoms with Gasteiger partial charge < -0.3 is 5.11 Å². The van der Waals surface area contributed by atoms with Gasteiger partial charge in [0.25, 0.3) is 0 Å².